The second kappa shape index (κ2) is 10.2. The molecule has 0 spiro atoms. The van der Waals surface area contributed by atoms with E-state index in [0.29, 0.717) is 16.7 Å². The molecule has 1 N–H and O–H groups in total. The summed E-state index contributed by atoms with van der Waals surface area (Å²) in [6.07, 6.45) is 2.93. The van der Waals surface area contributed by atoms with Crippen molar-refractivity contribution in [1.29, 1.82) is 0 Å². The topological polar surface area (TPSA) is 82.7 Å². The van der Waals surface area contributed by atoms with Gasteiger partial charge in [-0.2, -0.15) is 4.98 Å². The zero-order valence-corrected chi connectivity index (χ0v) is 17.6. The Morgan fingerprint density at radius 2 is 2.07 bits per heavy atom. The van der Waals surface area contributed by atoms with E-state index in [-0.39, 0.29) is 31.0 Å². The molecule has 154 valence electrons. The first-order chi connectivity index (χ1) is 12.9. The molecule has 7 nitrogen and oxygen atoms in total. The fourth-order valence-electron chi connectivity index (χ4n) is 3.55. The van der Waals surface area contributed by atoms with Crippen molar-refractivity contribution in [1.82, 2.24) is 19.9 Å². The van der Waals surface area contributed by atoms with Crippen LogP contribution >= 0.6 is 24.0 Å². The summed E-state index contributed by atoms with van der Waals surface area (Å²) in [4.78, 5) is 19.8. The smallest absolute Gasteiger partial charge is 0.317 e. The van der Waals surface area contributed by atoms with E-state index in [2.05, 4.69) is 22.0 Å². The summed E-state index contributed by atoms with van der Waals surface area (Å²) in [5, 5.41) is 13.8. The number of carboxylic acids is 1. The summed E-state index contributed by atoms with van der Waals surface area (Å²) in [5.74, 6) is 0.368. The van der Waals surface area contributed by atoms with Gasteiger partial charge in [0.1, 0.15) is 0 Å². The number of nitrogens with zero attached hydrogens (tertiary/aromatic N) is 4. The van der Waals surface area contributed by atoms with Crippen LogP contribution in [0.1, 0.15) is 38.1 Å². The highest BCUT2D eigenvalue weighted by molar-refractivity contribution is 6.30. The van der Waals surface area contributed by atoms with Crippen LogP contribution in [0.3, 0.4) is 0 Å². The van der Waals surface area contributed by atoms with Crippen LogP contribution in [0.15, 0.2) is 28.8 Å². The van der Waals surface area contributed by atoms with Crippen LogP contribution in [0.5, 0.6) is 0 Å². The van der Waals surface area contributed by atoms with Gasteiger partial charge in [-0.25, -0.2) is 0 Å². The third-order valence-corrected chi connectivity index (χ3v) is 5.44. The Balaban J connectivity index is 0.00000280. The Morgan fingerprint density at radius 3 is 2.75 bits per heavy atom. The molecule has 0 saturated carbocycles. The average Bonchev–Trinajstić information content (AvgIpc) is 2.98. The first-order valence-electron chi connectivity index (χ1n) is 9.19. The molecule has 3 rings (SSSR count). The van der Waals surface area contributed by atoms with Crippen LogP contribution in [0, 0.1) is 0 Å². The number of hydrogen-bond donors (Lipinski definition) is 1. The quantitative estimate of drug-likeness (QED) is 0.749. The first kappa shape index (κ1) is 22.6. The molecule has 2 aromatic rings. The molecule has 1 saturated heterocycles. The second-order valence-electron chi connectivity index (χ2n) is 7.07. The fourth-order valence-corrected chi connectivity index (χ4v) is 3.67. The van der Waals surface area contributed by atoms with Gasteiger partial charge in [-0.3, -0.25) is 14.6 Å². The number of aliphatic carboxylic acids is 1. The van der Waals surface area contributed by atoms with Crippen LogP contribution in [-0.4, -0.2) is 63.7 Å². The molecule has 9 heteroatoms. The SMILES string of the molecule is CC(c1nc(-c2ccc(Cl)cc2)no1)N1CCCC(N(C)CC(=O)O)CC1.Cl. The zero-order chi connectivity index (χ0) is 19.4. The molecule has 0 amide bonds. The molecule has 0 bridgehead atoms. The van der Waals surface area contributed by atoms with Gasteiger partial charge in [-0.15, -0.1) is 12.4 Å². The number of carbonyl (C=O) groups is 1. The lowest BCUT2D eigenvalue weighted by molar-refractivity contribution is -0.138. The summed E-state index contributed by atoms with van der Waals surface area (Å²) in [6, 6.07) is 7.65. The summed E-state index contributed by atoms with van der Waals surface area (Å²) in [5.41, 5.74) is 0.868. The normalized spacial score (nSPS) is 19.1. The number of hydrogen-bond acceptors (Lipinski definition) is 6. The van der Waals surface area contributed by atoms with Crippen molar-refractivity contribution >= 4 is 30.0 Å². The molecule has 2 unspecified atom stereocenters. The maximum absolute atomic E-state index is 10.9. The highest BCUT2D eigenvalue weighted by atomic mass is 35.5. The Morgan fingerprint density at radius 1 is 1.36 bits per heavy atom. The summed E-state index contributed by atoms with van der Waals surface area (Å²) in [7, 11) is 1.88. The summed E-state index contributed by atoms with van der Waals surface area (Å²) >= 11 is 5.93. The zero-order valence-electron chi connectivity index (χ0n) is 16.0. The van der Waals surface area contributed by atoms with Crippen LogP contribution < -0.4 is 0 Å². The predicted molar refractivity (Wildman–Crippen MR) is 110 cm³/mol. The van der Waals surface area contributed by atoms with E-state index < -0.39 is 5.97 Å². The molecule has 1 fully saturated rings. The van der Waals surface area contributed by atoms with Gasteiger partial charge >= 0.3 is 5.97 Å². The molecular formula is C19H26Cl2N4O3. The minimum absolute atomic E-state index is 0. The monoisotopic (exact) mass is 428 g/mol. The van der Waals surface area contributed by atoms with E-state index in [9.17, 15) is 4.79 Å². The number of rotatable bonds is 6. The summed E-state index contributed by atoms with van der Waals surface area (Å²) < 4.78 is 5.51. The lowest BCUT2D eigenvalue weighted by Crippen LogP contribution is -2.36. The van der Waals surface area contributed by atoms with E-state index in [1.165, 1.54) is 0 Å². The molecule has 1 aromatic heterocycles. The van der Waals surface area contributed by atoms with Crippen LogP contribution in [0.2, 0.25) is 5.02 Å². The van der Waals surface area contributed by atoms with Crippen molar-refractivity contribution < 1.29 is 14.4 Å². The standard InChI is InChI=1S/C19H25ClN4O3.ClH/c1-13(19-21-18(22-27-19)14-5-7-15(20)8-6-14)24-10-3-4-16(9-11-24)23(2)12-17(25)26;/h5-8,13,16H,3-4,9-12H2,1-2H3,(H,25,26);1H. The number of likely N-dealkylation sites (tertiary alicyclic amines) is 1. The van der Waals surface area contributed by atoms with Gasteiger partial charge in [-0.1, -0.05) is 16.8 Å². The predicted octanol–water partition coefficient (Wildman–Crippen LogP) is 3.74. The van der Waals surface area contributed by atoms with Gasteiger partial charge < -0.3 is 9.63 Å². The van der Waals surface area contributed by atoms with E-state index in [0.717, 1.165) is 37.9 Å². The van der Waals surface area contributed by atoms with Gasteiger partial charge in [-0.05, 0) is 64.0 Å². The Labute approximate surface area is 176 Å². The van der Waals surface area contributed by atoms with E-state index in [4.69, 9.17) is 21.2 Å². The van der Waals surface area contributed by atoms with Crippen molar-refractivity contribution in [2.24, 2.45) is 0 Å². The number of benzene rings is 1. The lowest BCUT2D eigenvalue weighted by atomic mass is 10.1. The maximum Gasteiger partial charge on any atom is 0.317 e. The van der Waals surface area contributed by atoms with Crippen molar-refractivity contribution in [3.63, 3.8) is 0 Å². The third-order valence-electron chi connectivity index (χ3n) is 5.19. The molecule has 2 heterocycles. The first-order valence-corrected chi connectivity index (χ1v) is 9.57. The van der Waals surface area contributed by atoms with Crippen LogP contribution in [0.25, 0.3) is 11.4 Å². The van der Waals surface area contributed by atoms with Crippen molar-refractivity contribution in [3.8, 4) is 11.4 Å². The van der Waals surface area contributed by atoms with Gasteiger partial charge in [0, 0.05) is 23.2 Å². The average molecular weight is 429 g/mol. The molecule has 0 aliphatic carbocycles. The fraction of sp³-hybridized carbons (Fsp3) is 0.526. The Bertz CT molecular complexity index is 769. The lowest BCUT2D eigenvalue weighted by Gasteiger charge is -2.27. The highest BCUT2D eigenvalue weighted by Crippen LogP contribution is 2.26. The molecule has 28 heavy (non-hydrogen) atoms. The summed E-state index contributed by atoms with van der Waals surface area (Å²) in [6.45, 7) is 3.94. The van der Waals surface area contributed by atoms with Gasteiger partial charge in [0.05, 0.1) is 12.6 Å². The van der Waals surface area contributed by atoms with Crippen LogP contribution in [-0.2, 0) is 4.79 Å². The van der Waals surface area contributed by atoms with E-state index in [1.807, 2.05) is 24.1 Å². The van der Waals surface area contributed by atoms with Crippen molar-refractivity contribution in [2.45, 2.75) is 38.3 Å². The molecule has 0 radical (unpaired) electrons. The van der Waals surface area contributed by atoms with Gasteiger partial charge in [0.15, 0.2) is 0 Å². The molecule has 1 aliphatic rings. The maximum atomic E-state index is 10.9. The molecule has 1 aromatic carbocycles. The van der Waals surface area contributed by atoms with Gasteiger partial charge in [0.25, 0.3) is 0 Å². The molecule has 2 atom stereocenters. The van der Waals surface area contributed by atoms with E-state index in [1.54, 1.807) is 12.1 Å². The Hall–Kier alpha value is -1.67. The molecular weight excluding hydrogens is 403 g/mol. The number of likely N-dealkylation sites (N-methyl/N-ethyl adjacent to an activating group) is 1. The minimum atomic E-state index is -0.785. The van der Waals surface area contributed by atoms with Gasteiger partial charge in [0.2, 0.25) is 11.7 Å². The number of halogens is 2. The second-order valence-corrected chi connectivity index (χ2v) is 7.51. The van der Waals surface area contributed by atoms with E-state index >= 15 is 0 Å². The number of aromatic nitrogens is 2. The van der Waals surface area contributed by atoms with Crippen molar-refractivity contribution in [3.05, 3.63) is 35.2 Å². The Kier molecular flexibility index (Phi) is 8.24. The third kappa shape index (κ3) is 5.67. The van der Waals surface area contributed by atoms with Crippen molar-refractivity contribution in [2.75, 3.05) is 26.7 Å². The van der Waals surface area contributed by atoms with Crippen LogP contribution in [0.4, 0.5) is 0 Å². The minimum Gasteiger partial charge on any atom is -0.480 e. The number of carboxylic acid groups (broad SMARTS) is 1. The molecule has 1 aliphatic heterocycles. The largest absolute Gasteiger partial charge is 0.480 e. The highest BCUT2D eigenvalue weighted by Gasteiger charge is 2.27.